The van der Waals surface area contributed by atoms with Crippen LogP contribution in [0.25, 0.3) is 0 Å². The lowest BCUT2D eigenvalue weighted by Crippen LogP contribution is -2.41. The Morgan fingerprint density at radius 2 is 2.00 bits per heavy atom. The fourth-order valence-electron chi connectivity index (χ4n) is 3.69. The van der Waals surface area contributed by atoms with Gasteiger partial charge in [-0.25, -0.2) is 0 Å². The number of anilines is 1. The van der Waals surface area contributed by atoms with Crippen LogP contribution in [-0.4, -0.2) is 43.6 Å². The van der Waals surface area contributed by atoms with Crippen molar-refractivity contribution >= 4 is 23.5 Å². The minimum atomic E-state index is -0.844. The van der Waals surface area contributed by atoms with E-state index in [1.165, 1.54) is 24.2 Å². The predicted octanol–water partition coefficient (Wildman–Crippen LogP) is 2.43. The summed E-state index contributed by atoms with van der Waals surface area (Å²) in [6, 6.07) is 7.20. The summed E-state index contributed by atoms with van der Waals surface area (Å²) in [4.78, 5) is 38.0. The molecule has 2 aliphatic rings. The van der Waals surface area contributed by atoms with Crippen molar-refractivity contribution in [2.75, 3.05) is 24.6 Å². The molecule has 1 N–H and O–H groups in total. The summed E-state index contributed by atoms with van der Waals surface area (Å²) in [5, 5.41) is 2.89. The molecule has 1 saturated carbocycles. The van der Waals surface area contributed by atoms with E-state index in [1.807, 2.05) is 12.1 Å². The second kappa shape index (κ2) is 9.57. The van der Waals surface area contributed by atoms with Gasteiger partial charge in [-0.1, -0.05) is 31.4 Å². The first kappa shape index (κ1) is 20.2. The molecule has 0 radical (unpaired) electrons. The molecule has 152 valence electrons. The number of hydrogen-bond acceptors (Lipinski definition) is 5. The standard InChI is InChI=1S/C21H28N2O5/c1-15(21(26)22-13-16-7-3-2-4-8-16)28-20(25)11-12-23-17-9-5-6-10-18(17)27-14-19(23)24/h5-6,9-10,15-16H,2-4,7-8,11-14H2,1H3,(H,22,26)/t15-/m0/s1. The first-order valence-corrected chi connectivity index (χ1v) is 10.0. The normalized spacial score (nSPS) is 18.0. The first-order valence-electron chi connectivity index (χ1n) is 10.0. The molecule has 1 fully saturated rings. The summed E-state index contributed by atoms with van der Waals surface area (Å²) in [5.74, 6) is 0.160. The van der Waals surface area contributed by atoms with Gasteiger partial charge in [0.15, 0.2) is 12.7 Å². The topological polar surface area (TPSA) is 84.9 Å². The van der Waals surface area contributed by atoms with E-state index in [4.69, 9.17) is 9.47 Å². The third-order valence-electron chi connectivity index (χ3n) is 5.31. The molecule has 3 rings (SSSR count). The van der Waals surface area contributed by atoms with Gasteiger partial charge in [0.1, 0.15) is 5.75 Å². The van der Waals surface area contributed by atoms with Gasteiger partial charge in [0, 0.05) is 13.1 Å². The molecule has 0 bridgehead atoms. The molecule has 7 nitrogen and oxygen atoms in total. The Morgan fingerprint density at radius 1 is 1.25 bits per heavy atom. The van der Waals surface area contributed by atoms with Gasteiger partial charge in [-0.2, -0.15) is 0 Å². The van der Waals surface area contributed by atoms with Crippen LogP contribution in [0.2, 0.25) is 0 Å². The number of carbonyl (C=O) groups is 3. The number of benzene rings is 1. The van der Waals surface area contributed by atoms with Gasteiger partial charge < -0.3 is 19.7 Å². The monoisotopic (exact) mass is 388 g/mol. The van der Waals surface area contributed by atoms with E-state index in [-0.39, 0.29) is 31.4 Å². The first-order chi connectivity index (χ1) is 13.5. The highest BCUT2D eigenvalue weighted by Crippen LogP contribution is 2.31. The molecule has 0 spiro atoms. The highest BCUT2D eigenvalue weighted by atomic mass is 16.5. The Hall–Kier alpha value is -2.57. The smallest absolute Gasteiger partial charge is 0.308 e. The van der Waals surface area contributed by atoms with Crippen LogP contribution < -0.4 is 15.0 Å². The fourth-order valence-corrected chi connectivity index (χ4v) is 3.69. The number of hydrogen-bond donors (Lipinski definition) is 1. The minimum Gasteiger partial charge on any atom is -0.482 e. The number of fused-ring (bicyclic) bond motifs is 1. The van der Waals surface area contributed by atoms with E-state index >= 15 is 0 Å². The maximum absolute atomic E-state index is 12.2. The Labute approximate surface area is 165 Å². The number of ether oxygens (including phenoxy) is 2. The van der Waals surface area contributed by atoms with Crippen molar-refractivity contribution < 1.29 is 23.9 Å². The van der Waals surface area contributed by atoms with Gasteiger partial charge in [-0.3, -0.25) is 14.4 Å². The summed E-state index contributed by atoms with van der Waals surface area (Å²) in [7, 11) is 0. The van der Waals surface area contributed by atoms with Crippen LogP contribution in [0.5, 0.6) is 5.75 Å². The quantitative estimate of drug-likeness (QED) is 0.725. The van der Waals surface area contributed by atoms with E-state index in [0.29, 0.717) is 23.9 Å². The van der Waals surface area contributed by atoms with Gasteiger partial charge in [0.05, 0.1) is 12.1 Å². The second-order valence-electron chi connectivity index (χ2n) is 7.43. The van der Waals surface area contributed by atoms with Crippen molar-refractivity contribution in [3.8, 4) is 5.75 Å². The number of carbonyl (C=O) groups excluding carboxylic acids is 3. The van der Waals surface area contributed by atoms with Gasteiger partial charge in [-0.05, 0) is 37.8 Å². The Morgan fingerprint density at radius 3 is 2.79 bits per heavy atom. The minimum absolute atomic E-state index is 0.0142. The van der Waals surface area contributed by atoms with Gasteiger partial charge in [0.25, 0.3) is 11.8 Å². The van der Waals surface area contributed by atoms with E-state index in [2.05, 4.69) is 5.32 Å². The average Bonchev–Trinajstić information content (AvgIpc) is 2.72. The number of rotatable bonds is 7. The van der Waals surface area contributed by atoms with Crippen LogP contribution in [0.1, 0.15) is 45.4 Å². The van der Waals surface area contributed by atoms with Crippen LogP contribution >= 0.6 is 0 Å². The number of nitrogens with zero attached hydrogens (tertiary/aromatic N) is 1. The summed E-state index contributed by atoms with van der Waals surface area (Å²) in [6.45, 7) is 2.35. The maximum atomic E-state index is 12.2. The summed E-state index contributed by atoms with van der Waals surface area (Å²) in [5.41, 5.74) is 0.643. The van der Waals surface area contributed by atoms with Crippen LogP contribution in [0.4, 0.5) is 5.69 Å². The number of nitrogens with one attached hydrogen (secondary N) is 1. The van der Waals surface area contributed by atoms with Crippen LogP contribution in [0.15, 0.2) is 24.3 Å². The molecular formula is C21H28N2O5. The van der Waals surface area contributed by atoms with Crippen LogP contribution in [0.3, 0.4) is 0 Å². The molecule has 7 heteroatoms. The molecule has 1 aliphatic heterocycles. The third-order valence-corrected chi connectivity index (χ3v) is 5.31. The van der Waals surface area contributed by atoms with Crippen molar-refractivity contribution in [1.29, 1.82) is 0 Å². The van der Waals surface area contributed by atoms with Crippen molar-refractivity contribution in [3.63, 3.8) is 0 Å². The number of amides is 2. The molecule has 0 aromatic heterocycles. The molecule has 0 unspecified atom stereocenters. The molecule has 28 heavy (non-hydrogen) atoms. The molecular weight excluding hydrogens is 360 g/mol. The van der Waals surface area contributed by atoms with Crippen LogP contribution in [0, 0.1) is 5.92 Å². The zero-order valence-corrected chi connectivity index (χ0v) is 16.3. The lowest BCUT2D eigenvalue weighted by atomic mass is 9.89. The molecule has 1 aliphatic carbocycles. The van der Waals surface area contributed by atoms with Crippen LogP contribution in [-0.2, 0) is 19.1 Å². The number of esters is 1. The zero-order valence-electron chi connectivity index (χ0n) is 16.3. The van der Waals surface area contributed by atoms with E-state index < -0.39 is 12.1 Å². The Balaban J connectivity index is 1.43. The average molecular weight is 388 g/mol. The van der Waals surface area contributed by atoms with E-state index in [1.54, 1.807) is 19.1 Å². The Bertz CT molecular complexity index is 715. The van der Waals surface area contributed by atoms with Gasteiger partial charge in [-0.15, -0.1) is 0 Å². The molecule has 0 saturated heterocycles. The molecule has 1 atom stereocenters. The van der Waals surface area contributed by atoms with Gasteiger partial charge in [0.2, 0.25) is 0 Å². The largest absolute Gasteiger partial charge is 0.482 e. The third kappa shape index (κ3) is 5.24. The van der Waals surface area contributed by atoms with E-state index in [0.717, 1.165) is 12.8 Å². The van der Waals surface area contributed by atoms with Gasteiger partial charge >= 0.3 is 5.97 Å². The lowest BCUT2D eigenvalue weighted by Gasteiger charge is -2.29. The highest BCUT2D eigenvalue weighted by Gasteiger charge is 2.26. The molecule has 1 aromatic rings. The maximum Gasteiger partial charge on any atom is 0.308 e. The molecule has 1 heterocycles. The van der Waals surface area contributed by atoms with Crippen molar-refractivity contribution in [2.45, 2.75) is 51.6 Å². The predicted molar refractivity (Wildman–Crippen MR) is 104 cm³/mol. The SMILES string of the molecule is C[C@H](OC(=O)CCN1C(=O)COc2ccccc21)C(=O)NCC1CCCCC1. The highest BCUT2D eigenvalue weighted by molar-refractivity contribution is 5.98. The fraction of sp³-hybridized carbons (Fsp3) is 0.571. The zero-order chi connectivity index (χ0) is 19.9. The summed E-state index contributed by atoms with van der Waals surface area (Å²) < 4.78 is 10.6. The Kier molecular flexibility index (Phi) is 6.90. The van der Waals surface area contributed by atoms with Crippen molar-refractivity contribution in [1.82, 2.24) is 5.32 Å². The molecule has 1 aromatic carbocycles. The number of para-hydroxylation sites is 2. The van der Waals surface area contributed by atoms with Crippen molar-refractivity contribution in [3.05, 3.63) is 24.3 Å². The lowest BCUT2D eigenvalue weighted by molar-refractivity contribution is -0.154. The molecule has 2 amide bonds. The van der Waals surface area contributed by atoms with E-state index in [9.17, 15) is 14.4 Å². The van der Waals surface area contributed by atoms with Crippen molar-refractivity contribution in [2.24, 2.45) is 5.92 Å². The second-order valence-corrected chi connectivity index (χ2v) is 7.43. The summed E-state index contributed by atoms with van der Waals surface area (Å²) >= 11 is 0. The summed E-state index contributed by atoms with van der Waals surface area (Å²) in [6.07, 6.45) is 5.16.